The molecule has 0 aliphatic carbocycles. The van der Waals surface area contributed by atoms with Gasteiger partial charge in [0.1, 0.15) is 5.75 Å². The SMILES string of the molecule is Cc1cccc(OC(C)C(=O)NCCN)c1.Cl. The number of hydrogen-bond acceptors (Lipinski definition) is 3. The summed E-state index contributed by atoms with van der Waals surface area (Å²) in [6.45, 7) is 4.60. The van der Waals surface area contributed by atoms with Gasteiger partial charge in [0.15, 0.2) is 6.10 Å². The van der Waals surface area contributed by atoms with Crippen LogP contribution in [0.25, 0.3) is 0 Å². The second kappa shape index (κ2) is 7.92. The van der Waals surface area contributed by atoms with Crippen LogP contribution in [0.5, 0.6) is 5.75 Å². The van der Waals surface area contributed by atoms with Gasteiger partial charge in [0.25, 0.3) is 5.91 Å². The number of amides is 1. The van der Waals surface area contributed by atoms with Crippen molar-refractivity contribution < 1.29 is 9.53 Å². The maximum Gasteiger partial charge on any atom is 0.260 e. The predicted molar refractivity (Wildman–Crippen MR) is 70.6 cm³/mol. The van der Waals surface area contributed by atoms with E-state index in [2.05, 4.69) is 5.32 Å². The third kappa shape index (κ3) is 5.56. The second-order valence-electron chi connectivity index (χ2n) is 3.66. The Hall–Kier alpha value is -1.26. The quantitative estimate of drug-likeness (QED) is 0.836. The first kappa shape index (κ1) is 15.7. The first-order valence-electron chi connectivity index (χ1n) is 5.34. The molecule has 17 heavy (non-hydrogen) atoms. The van der Waals surface area contributed by atoms with Crippen LogP contribution in [-0.2, 0) is 4.79 Å². The summed E-state index contributed by atoms with van der Waals surface area (Å²) in [5, 5.41) is 2.68. The lowest BCUT2D eigenvalue weighted by atomic mass is 10.2. The molecule has 0 spiro atoms. The molecule has 1 amide bonds. The number of hydrogen-bond donors (Lipinski definition) is 2. The van der Waals surface area contributed by atoms with Crippen LogP contribution in [0, 0.1) is 6.92 Å². The van der Waals surface area contributed by atoms with Crippen molar-refractivity contribution in [3.8, 4) is 5.75 Å². The number of nitrogens with two attached hydrogens (primary N) is 1. The Morgan fingerprint density at radius 3 is 2.82 bits per heavy atom. The zero-order valence-corrected chi connectivity index (χ0v) is 10.9. The van der Waals surface area contributed by atoms with E-state index in [0.717, 1.165) is 5.56 Å². The van der Waals surface area contributed by atoms with Gasteiger partial charge in [-0.15, -0.1) is 12.4 Å². The van der Waals surface area contributed by atoms with Gasteiger partial charge in [-0.2, -0.15) is 0 Å². The number of rotatable bonds is 5. The molecule has 3 N–H and O–H groups in total. The van der Waals surface area contributed by atoms with Crippen molar-refractivity contribution in [1.29, 1.82) is 0 Å². The van der Waals surface area contributed by atoms with E-state index in [0.29, 0.717) is 18.8 Å². The minimum atomic E-state index is -0.506. The fraction of sp³-hybridized carbons (Fsp3) is 0.417. The summed E-state index contributed by atoms with van der Waals surface area (Å²) in [5.74, 6) is 0.558. The summed E-state index contributed by atoms with van der Waals surface area (Å²) < 4.78 is 5.50. The van der Waals surface area contributed by atoms with Crippen molar-refractivity contribution >= 4 is 18.3 Å². The monoisotopic (exact) mass is 258 g/mol. The molecule has 0 bridgehead atoms. The summed E-state index contributed by atoms with van der Waals surface area (Å²) in [7, 11) is 0. The number of halogens is 1. The number of aryl methyl sites for hydroxylation is 1. The number of nitrogens with one attached hydrogen (secondary N) is 1. The van der Waals surface area contributed by atoms with E-state index >= 15 is 0 Å². The third-order valence-corrected chi connectivity index (χ3v) is 2.12. The van der Waals surface area contributed by atoms with Crippen LogP contribution in [0.2, 0.25) is 0 Å². The van der Waals surface area contributed by atoms with Crippen LogP contribution < -0.4 is 15.8 Å². The number of carbonyl (C=O) groups excluding carboxylic acids is 1. The van der Waals surface area contributed by atoms with Crippen LogP contribution >= 0.6 is 12.4 Å². The van der Waals surface area contributed by atoms with Crippen LogP contribution in [0.3, 0.4) is 0 Å². The molecule has 0 aromatic heterocycles. The topological polar surface area (TPSA) is 64.3 Å². The average molecular weight is 259 g/mol. The Kier molecular flexibility index (Phi) is 7.34. The van der Waals surface area contributed by atoms with E-state index in [1.165, 1.54) is 0 Å². The van der Waals surface area contributed by atoms with Gasteiger partial charge < -0.3 is 15.8 Å². The Bertz CT molecular complexity index is 358. The Balaban J connectivity index is 0.00000256. The number of carbonyl (C=O) groups is 1. The molecule has 0 aliphatic heterocycles. The standard InChI is InChI=1S/C12H18N2O2.ClH/c1-9-4-3-5-11(8-9)16-10(2)12(15)14-7-6-13;/h3-5,8,10H,6-7,13H2,1-2H3,(H,14,15);1H. The molecule has 0 heterocycles. The summed E-state index contributed by atoms with van der Waals surface area (Å²) in [5.41, 5.74) is 6.40. The summed E-state index contributed by atoms with van der Waals surface area (Å²) >= 11 is 0. The predicted octanol–water partition coefficient (Wildman–Crippen LogP) is 1.26. The second-order valence-corrected chi connectivity index (χ2v) is 3.66. The van der Waals surface area contributed by atoms with E-state index in [-0.39, 0.29) is 18.3 Å². The molecule has 1 unspecified atom stereocenters. The van der Waals surface area contributed by atoms with Crippen LogP contribution in [0.1, 0.15) is 12.5 Å². The average Bonchev–Trinajstić information content (AvgIpc) is 2.25. The van der Waals surface area contributed by atoms with Crippen molar-refractivity contribution in [2.45, 2.75) is 20.0 Å². The fourth-order valence-corrected chi connectivity index (χ4v) is 1.29. The third-order valence-electron chi connectivity index (χ3n) is 2.12. The smallest absolute Gasteiger partial charge is 0.260 e. The number of benzene rings is 1. The maximum atomic E-state index is 11.5. The molecule has 96 valence electrons. The highest BCUT2D eigenvalue weighted by Crippen LogP contribution is 2.13. The highest BCUT2D eigenvalue weighted by Gasteiger charge is 2.13. The van der Waals surface area contributed by atoms with Gasteiger partial charge in [0, 0.05) is 13.1 Å². The highest BCUT2D eigenvalue weighted by atomic mass is 35.5. The first-order valence-corrected chi connectivity index (χ1v) is 5.34. The van der Waals surface area contributed by atoms with Crippen molar-refractivity contribution in [1.82, 2.24) is 5.32 Å². The van der Waals surface area contributed by atoms with Gasteiger partial charge in [0.2, 0.25) is 0 Å². The van der Waals surface area contributed by atoms with E-state index in [4.69, 9.17) is 10.5 Å². The maximum absolute atomic E-state index is 11.5. The van der Waals surface area contributed by atoms with Gasteiger partial charge in [-0.25, -0.2) is 0 Å². The molecular weight excluding hydrogens is 240 g/mol. The minimum Gasteiger partial charge on any atom is -0.481 e. The van der Waals surface area contributed by atoms with Crippen molar-refractivity contribution in [2.75, 3.05) is 13.1 Å². The van der Waals surface area contributed by atoms with E-state index in [9.17, 15) is 4.79 Å². The molecule has 0 radical (unpaired) electrons. The molecule has 1 atom stereocenters. The molecule has 1 aromatic rings. The van der Waals surface area contributed by atoms with Crippen molar-refractivity contribution in [3.05, 3.63) is 29.8 Å². The van der Waals surface area contributed by atoms with Crippen molar-refractivity contribution in [2.24, 2.45) is 5.73 Å². The van der Waals surface area contributed by atoms with Crippen LogP contribution in [0.4, 0.5) is 0 Å². The number of ether oxygens (including phenoxy) is 1. The van der Waals surface area contributed by atoms with Gasteiger partial charge in [-0.05, 0) is 31.5 Å². The van der Waals surface area contributed by atoms with Crippen LogP contribution in [0.15, 0.2) is 24.3 Å². The summed E-state index contributed by atoms with van der Waals surface area (Å²) in [4.78, 5) is 11.5. The van der Waals surface area contributed by atoms with E-state index in [1.807, 2.05) is 31.2 Å². The Morgan fingerprint density at radius 1 is 1.53 bits per heavy atom. The highest BCUT2D eigenvalue weighted by molar-refractivity contribution is 5.85. The van der Waals surface area contributed by atoms with Crippen molar-refractivity contribution in [3.63, 3.8) is 0 Å². The molecule has 0 saturated heterocycles. The van der Waals surface area contributed by atoms with Gasteiger partial charge in [0.05, 0.1) is 0 Å². The molecule has 0 aliphatic rings. The lowest BCUT2D eigenvalue weighted by molar-refractivity contribution is -0.127. The fourth-order valence-electron chi connectivity index (χ4n) is 1.29. The molecule has 0 fully saturated rings. The van der Waals surface area contributed by atoms with E-state index in [1.54, 1.807) is 6.92 Å². The Labute approximate surface area is 108 Å². The van der Waals surface area contributed by atoms with Crippen LogP contribution in [-0.4, -0.2) is 25.1 Å². The Morgan fingerprint density at radius 2 is 2.24 bits per heavy atom. The molecule has 1 rings (SSSR count). The molecule has 0 saturated carbocycles. The largest absolute Gasteiger partial charge is 0.481 e. The molecular formula is C12H19ClN2O2. The van der Waals surface area contributed by atoms with Gasteiger partial charge in [-0.3, -0.25) is 4.79 Å². The molecule has 1 aromatic carbocycles. The summed E-state index contributed by atoms with van der Waals surface area (Å²) in [6, 6.07) is 7.60. The minimum absolute atomic E-state index is 0. The zero-order chi connectivity index (χ0) is 12.0. The van der Waals surface area contributed by atoms with Gasteiger partial charge >= 0.3 is 0 Å². The molecule has 4 nitrogen and oxygen atoms in total. The summed E-state index contributed by atoms with van der Waals surface area (Å²) in [6.07, 6.45) is -0.506. The van der Waals surface area contributed by atoms with Gasteiger partial charge in [-0.1, -0.05) is 12.1 Å². The molecule has 5 heteroatoms. The van der Waals surface area contributed by atoms with E-state index < -0.39 is 6.10 Å². The lowest BCUT2D eigenvalue weighted by Crippen LogP contribution is -2.38. The normalized spacial score (nSPS) is 11.2. The lowest BCUT2D eigenvalue weighted by Gasteiger charge is -2.14. The first-order chi connectivity index (χ1) is 7.63. The zero-order valence-electron chi connectivity index (χ0n) is 10.1.